The number of piperidine rings is 1. The summed E-state index contributed by atoms with van der Waals surface area (Å²) in [7, 11) is 0. The minimum absolute atomic E-state index is 0.194. The molecule has 0 aromatic heterocycles. The van der Waals surface area contributed by atoms with Gasteiger partial charge in [-0.1, -0.05) is 23.7 Å². The van der Waals surface area contributed by atoms with Gasteiger partial charge in [0.05, 0.1) is 0 Å². The number of hydrogen-bond donors (Lipinski definition) is 2. The molecule has 3 N–H and O–H groups in total. The lowest BCUT2D eigenvalue weighted by Gasteiger charge is -2.38. The molecule has 0 amide bonds. The molecule has 1 atom stereocenters. The molecular formula is C15H23N3O. The van der Waals surface area contributed by atoms with Gasteiger partial charge in [0.15, 0.2) is 5.84 Å². The monoisotopic (exact) mass is 261 g/mol. The Morgan fingerprint density at radius 1 is 1.47 bits per heavy atom. The molecular weight excluding hydrogens is 238 g/mol. The fraction of sp³-hybridized carbons (Fsp3) is 0.533. The van der Waals surface area contributed by atoms with Crippen LogP contribution in [0.15, 0.2) is 23.4 Å². The zero-order chi connectivity index (χ0) is 13.8. The van der Waals surface area contributed by atoms with Crippen molar-refractivity contribution in [2.75, 3.05) is 11.4 Å². The van der Waals surface area contributed by atoms with Crippen LogP contribution in [0, 0.1) is 6.92 Å². The molecule has 2 rings (SSSR count). The first-order valence-corrected chi connectivity index (χ1v) is 7.02. The van der Waals surface area contributed by atoms with Crippen LogP contribution in [0.2, 0.25) is 0 Å². The predicted molar refractivity (Wildman–Crippen MR) is 79.0 cm³/mol. The Labute approximate surface area is 114 Å². The van der Waals surface area contributed by atoms with E-state index in [9.17, 15) is 0 Å². The van der Waals surface area contributed by atoms with E-state index in [1.807, 2.05) is 13.0 Å². The van der Waals surface area contributed by atoms with Crippen LogP contribution in [0.1, 0.15) is 43.7 Å². The number of amidine groups is 1. The van der Waals surface area contributed by atoms with Crippen molar-refractivity contribution in [3.05, 3.63) is 29.3 Å². The van der Waals surface area contributed by atoms with Gasteiger partial charge in [0.2, 0.25) is 0 Å². The van der Waals surface area contributed by atoms with E-state index in [0.717, 1.165) is 29.8 Å². The summed E-state index contributed by atoms with van der Waals surface area (Å²) in [4.78, 5) is 2.41. The van der Waals surface area contributed by atoms with Crippen LogP contribution in [0.5, 0.6) is 0 Å². The van der Waals surface area contributed by atoms with Crippen LogP contribution >= 0.6 is 0 Å². The molecule has 4 heteroatoms. The van der Waals surface area contributed by atoms with Gasteiger partial charge >= 0.3 is 0 Å². The van der Waals surface area contributed by atoms with Crippen molar-refractivity contribution < 1.29 is 5.21 Å². The van der Waals surface area contributed by atoms with Crippen molar-refractivity contribution in [2.45, 2.75) is 45.6 Å². The molecule has 1 saturated heterocycles. The van der Waals surface area contributed by atoms with Gasteiger partial charge in [0, 0.05) is 23.8 Å². The van der Waals surface area contributed by atoms with Gasteiger partial charge in [-0.15, -0.1) is 0 Å². The molecule has 0 spiro atoms. The highest BCUT2D eigenvalue weighted by Crippen LogP contribution is 2.30. The van der Waals surface area contributed by atoms with Gasteiger partial charge in [-0.3, -0.25) is 0 Å². The van der Waals surface area contributed by atoms with Gasteiger partial charge in [-0.2, -0.15) is 0 Å². The van der Waals surface area contributed by atoms with Crippen LogP contribution < -0.4 is 10.6 Å². The second-order valence-corrected chi connectivity index (χ2v) is 5.26. The lowest BCUT2D eigenvalue weighted by atomic mass is 9.97. The normalized spacial score (nSPS) is 20.6. The van der Waals surface area contributed by atoms with Crippen LogP contribution in [-0.2, 0) is 0 Å². The predicted octanol–water partition coefficient (Wildman–Crippen LogP) is 2.86. The maximum Gasteiger partial charge on any atom is 0.172 e. The van der Waals surface area contributed by atoms with Crippen molar-refractivity contribution in [2.24, 2.45) is 10.9 Å². The first-order valence-electron chi connectivity index (χ1n) is 7.02. The summed E-state index contributed by atoms with van der Waals surface area (Å²) in [5.74, 6) is 0.194. The lowest BCUT2D eigenvalue weighted by Crippen LogP contribution is -2.40. The fourth-order valence-corrected chi connectivity index (χ4v) is 2.90. The maximum atomic E-state index is 8.97. The number of aryl methyl sites for hydroxylation is 1. The van der Waals surface area contributed by atoms with Crippen molar-refractivity contribution in [3.8, 4) is 0 Å². The fourth-order valence-electron chi connectivity index (χ4n) is 2.90. The van der Waals surface area contributed by atoms with Gasteiger partial charge in [0.1, 0.15) is 0 Å². The summed E-state index contributed by atoms with van der Waals surface area (Å²) in [5, 5.41) is 12.1. The molecule has 1 fully saturated rings. The summed E-state index contributed by atoms with van der Waals surface area (Å²) in [6.07, 6.45) is 4.85. The Morgan fingerprint density at radius 3 is 2.95 bits per heavy atom. The number of rotatable bonds is 3. The smallest absolute Gasteiger partial charge is 0.172 e. The van der Waals surface area contributed by atoms with E-state index in [0.29, 0.717) is 6.04 Å². The molecule has 104 valence electrons. The number of hydrogen-bond acceptors (Lipinski definition) is 3. The molecule has 0 radical (unpaired) electrons. The van der Waals surface area contributed by atoms with E-state index in [1.54, 1.807) is 0 Å². The highest BCUT2D eigenvalue weighted by Gasteiger charge is 2.23. The molecule has 0 saturated carbocycles. The third-order valence-electron chi connectivity index (χ3n) is 3.94. The number of nitrogens with zero attached hydrogens (tertiary/aromatic N) is 2. The maximum absolute atomic E-state index is 8.97. The lowest BCUT2D eigenvalue weighted by molar-refractivity contribution is 0.318. The summed E-state index contributed by atoms with van der Waals surface area (Å²) >= 11 is 0. The Hall–Kier alpha value is -1.71. The molecule has 0 bridgehead atoms. The summed E-state index contributed by atoms with van der Waals surface area (Å²) < 4.78 is 0. The number of anilines is 1. The molecule has 1 aliphatic rings. The molecule has 1 unspecified atom stereocenters. The Morgan fingerprint density at radius 2 is 2.26 bits per heavy atom. The van der Waals surface area contributed by atoms with Gasteiger partial charge in [-0.05, 0) is 44.7 Å². The molecule has 0 aliphatic carbocycles. The largest absolute Gasteiger partial charge is 0.409 e. The summed E-state index contributed by atoms with van der Waals surface area (Å²) in [6.45, 7) is 5.29. The average Bonchev–Trinajstić information content (AvgIpc) is 2.46. The van der Waals surface area contributed by atoms with E-state index >= 15 is 0 Å². The third-order valence-corrected chi connectivity index (χ3v) is 3.94. The number of oxime groups is 1. The highest BCUT2D eigenvalue weighted by molar-refractivity contribution is 6.02. The van der Waals surface area contributed by atoms with Crippen molar-refractivity contribution in [3.63, 3.8) is 0 Å². The van der Waals surface area contributed by atoms with Gasteiger partial charge in [-0.25, -0.2) is 0 Å². The number of nitrogens with two attached hydrogens (primary N) is 1. The van der Waals surface area contributed by atoms with Crippen molar-refractivity contribution in [1.82, 2.24) is 0 Å². The highest BCUT2D eigenvalue weighted by atomic mass is 16.4. The second-order valence-electron chi connectivity index (χ2n) is 5.26. The SMILES string of the molecule is CCC1CCCCN1c1ccc(C)cc1/C(N)=N/O. The molecule has 1 heterocycles. The Bertz CT molecular complexity index is 470. The molecule has 4 nitrogen and oxygen atoms in total. The van der Waals surface area contributed by atoms with Crippen LogP contribution in [0.4, 0.5) is 5.69 Å². The van der Waals surface area contributed by atoms with E-state index in [4.69, 9.17) is 10.9 Å². The number of benzene rings is 1. The molecule has 1 aromatic rings. The zero-order valence-corrected chi connectivity index (χ0v) is 11.8. The van der Waals surface area contributed by atoms with Crippen LogP contribution in [0.3, 0.4) is 0 Å². The third kappa shape index (κ3) is 2.83. The van der Waals surface area contributed by atoms with Gasteiger partial charge < -0.3 is 15.8 Å². The second kappa shape index (κ2) is 5.95. The van der Waals surface area contributed by atoms with E-state index < -0.39 is 0 Å². The molecule has 1 aromatic carbocycles. The topological polar surface area (TPSA) is 61.8 Å². The summed E-state index contributed by atoms with van der Waals surface area (Å²) in [5.41, 5.74) is 8.88. The van der Waals surface area contributed by atoms with E-state index in [1.165, 1.54) is 19.3 Å². The first kappa shape index (κ1) is 13.7. The van der Waals surface area contributed by atoms with Gasteiger partial charge in [0.25, 0.3) is 0 Å². The molecule has 1 aliphatic heterocycles. The first-order chi connectivity index (χ1) is 9.17. The van der Waals surface area contributed by atoms with Crippen molar-refractivity contribution in [1.29, 1.82) is 0 Å². The van der Waals surface area contributed by atoms with E-state index in [2.05, 4.69) is 29.1 Å². The minimum Gasteiger partial charge on any atom is -0.409 e. The average molecular weight is 261 g/mol. The standard InChI is InChI=1S/C15H23N3O/c1-3-12-6-4-5-9-18(12)14-8-7-11(2)10-13(14)15(16)17-19/h7-8,10,12,19H,3-6,9H2,1-2H3,(H2,16,17). The quantitative estimate of drug-likeness (QED) is 0.380. The summed E-state index contributed by atoms with van der Waals surface area (Å²) in [6, 6.07) is 6.73. The Balaban J connectivity index is 2.42. The zero-order valence-electron chi connectivity index (χ0n) is 11.8. The molecule has 19 heavy (non-hydrogen) atoms. The van der Waals surface area contributed by atoms with Crippen LogP contribution in [-0.4, -0.2) is 23.6 Å². The van der Waals surface area contributed by atoms with E-state index in [-0.39, 0.29) is 5.84 Å². The Kier molecular flexibility index (Phi) is 4.30. The minimum atomic E-state index is 0.194. The van der Waals surface area contributed by atoms with Crippen molar-refractivity contribution >= 4 is 11.5 Å². The van der Waals surface area contributed by atoms with Crippen LogP contribution in [0.25, 0.3) is 0 Å².